The van der Waals surface area contributed by atoms with Gasteiger partial charge >= 0.3 is 12.0 Å². The first kappa shape index (κ1) is 20.1. The molecule has 3 amide bonds. The minimum atomic E-state index is -0.693. The normalized spacial score (nSPS) is 17.6. The summed E-state index contributed by atoms with van der Waals surface area (Å²) in [7, 11) is 1.63. The van der Waals surface area contributed by atoms with E-state index in [0.717, 1.165) is 25.2 Å². The van der Waals surface area contributed by atoms with E-state index in [-0.39, 0.29) is 18.3 Å². The van der Waals surface area contributed by atoms with Gasteiger partial charge in [-0.05, 0) is 31.0 Å². The number of aromatic nitrogens is 4. The number of nitrogens with zero attached hydrogens (tertiary/aromatic N) is 7. The lowest BCUT2D eigenvalue weighted by atomic mass is 10.1. The quantitative estimate of drug-likeness (QED) is 0.556. The molecule has 3 aromatic rings. The minimum absolute atomic E-state index is 0.0759. The van der Waals surface area contributed by atoms with E-state index in [1.807, 2.05) is 28.5 Å². The number of carbonyl (C=O) groups is 2. The number of aryl methyl sites for hydroxylation is 2. The van der Waals surface area contributed by atoms with Gasteiger partial charge in [0, 0.05) is 26.0 Å². The first-order chi connectivity index (χ1) is 15.4. The Labute approximate surface area is 184 Å². The van der Waals surface area contributed by atoms with Crippen LogP contribution in [-0.4, -0.2) is 48.7 Å². The molecule has 0 N–H and O–H groups in total. The zero-order chi connectivity index (χ0) is 22.4. The van der Waals surface area contributed by atoms with E-state index >= 15 is 0 Å². The summed E-state index contributed by atoms with van der Waals surface area (Å²) in [6.07, 6.45) is 8.23. The van der Waals surface area contributed by atoms with Crippen molar-refractivity contribution in [1.29, 1.82) is 0 Å². The number of rotatable bonds is 6. The van der Waals surface area contributed by atoms with Crippen molar-refractivity contribution in [3.63, 3.8) is 0 Å². The zero-order valence-corrected chi connectivity index (χ0v) is 17.8. The molecule has 32 heavy (non-hydrogen) atoms. The van der Waals surface area contributed by atoms with Gasteiger partial charge in [0.25, 0.3) is 5.91 Å². The Hall–Kier alpha value is -3.82. The smallest absolute Gasteiger partial charge is 0.337 e. The Kier molecular flexibility index (Phi) is 4.84. The zero-order valence-electron chi connectivity index (χ0n) is 17.8. The van der Waals surface area contributed by atoms with Crippen molar-refractivity contribution < 1.29 is 18.5 Å². The number of halogens is 1. The van der Waals surface area contributed by atoms with E-state index in [1.54, 1.807) is 31.7 Å². The standard InChI is InChI=1S/C22H23FN7O2/c1-15-12-29-18-19(25-21(29)28(15)10-3-9-27-11-8-24-14-27)26(2)22(32)30(20(18)31)13-16-4-6-17(23)7-5-16/h4-8,11-12,14,18H,3,9-10,13H2,1-2H3/q+1. The predicted octanol–water partition coefficient (Wildman–Crippen LogP) is 2.19. The molecule has 2 aromatic heterocycles. The molecule has 10 heteroatoms. The van der Waals surface area contributed by atoms with Gasteiger partial charge in [-0.15, -0.1) is 0 Å². The fraction of sp³-hybridized carbons (Fsp3) is 0.318. The van der Waals surface area contributed by atoms with Crippen LogP contribution in [0.3, 0.4) is 0 Å². The number of hydrogen-bond donors (Lipinski definition) is 0. The summed E-state index contributed by atoms with van der Waals surface area (Å²) in [6, 6.07) is 4.66. The van der Waals surface area contributed by atoms with Gasteiger partial charge in [-0.25, -0.2) is 23.3 Å². The average molecular weight is 436 g/mol. The number of imidazole rings is 2. The molecule has 0 bridgehead atoms. The molecule has 4 heterocycles. The van der Waals surface area contributed by atoms with Gasteiger partial charge in [-0.2, -0.15) is 0 Å². The second-order valence-electron chi connectivity index (χ2n) is 8.05. The van der Waals surface area contributed by atoms with Crippen LogP contribution >= 0.6 is 0 Å². The number of amidine groups is 1. The SMILES string of the molecule is Cc1c[n+]2c(n1CCCn1ccnc1)N=C1C2C(=O)N(Cc2ccc(F)cc2)C(=O)N1C. The van der Waals surface area contributed by atoms with Crippen LogP contribution in [-0.2, 0) is 24.4 Å². The van der Waals surface area contributed by atoms with Crippen molar-refractivity contribution in [2.24, 2.45) is 4.99 Å². The van der Waals surface area contributed by atoms with Crippen molar-refractivity contribution in [3.05, 3.63) is 66.3 Å². The van der Waals surface area contributed by atoms with Gasteiger partial charge in [0.05, 0.1) is 19.4 Å². The first-order valence-electron chi connectivity index (χ1n) is 10.4. The first-order valence-corrected chi connectivity index (χ1v) is 10.4. The summed E-state index contributed by atoms with van der Waals surface area (Å²) in [6.45, 7) is 3.60. The highest BCUT2D eigenvalue weighted by Gasteiger charge is 2.53. The van der Waals surface area contributed by atoms with Crippen LogP contribution in [0.5, 0.6) is 0 Å². The van der Waals surface area contributed by atoms with Crippen molar-refractivity contribution in [2.45, 2.75) is 39.0 Å². The number of aliphatic imine (C=N–C) groups is 1. The molecule has 1 aromatic carbocycles. The summed E-state index contributed by atoms with van der Waals surface area (Å²) in [5, 5.41) is 0. The largest absolute Gasteiger partial charge is 0.401 e. The lowest BCUT2D eigenvalue weighted by Crippen LogP contribution is -2.62. The van der Waals surface area contributed by atoms with Gasteiger partial charge < -0.3 is 4.57 Å². The van der Waals surface area contributed by atoms with Gasteiger partial charge in [0.15, 0.2) is 0 Å². The molecular weight excluding hydrogens is 413 g/mol. The van der Waals surface area contributed by atoms with Crippen LogP contribution in [0.4, 0.5) is 15.1 Å². The molecule has 0 aliphatic carbocycles. The van der Waals surface area contributed by atoms with E-state index in [9.17, 15) is 14.0 Å². The molecule has 9 nitrogen and oxygen atoms in total. The Balaban J connectivity index is 1.41. The van der Waals surface area contributed by atoms with Crippen LogP contribution in [0.25, 0.3) is 0 Å². The number of likely N-dealkylation sites (N-methyl/N-ethyl adjacent to an activating group) is 1. The van der Waals surface area contributed by atoms with Gasteiger partial charge in [-0.1, -0.05) is 17.1 Å². The van der Waals surface area contributed by atoms with E-state index in [2.05, 4.69) is 14.5 Å². The molecule has 1 atom stereocenters. The minimum Gasteiger partial charge on any atom is -0.337 e. The third kappa shape index (κ3) is 3.28. The number of imide groups is 1. The van der Waals surface area contributed by atoms with Crippen LogP contribution in [0.15, 0.2) is 54.2 Å². The maximum atomic E-state index is 13.4. The fourth-order valence-electron chi connectivity index (χ4n) is 4.26. The molecule has 1 fully saturated rings. The highest BCUT2D eigenvalue weighted by Crippen LogP contribution is 2.30. The number of fused-ring (bicyclic) bond motifs is 3. The maximum absolute atomic E-state index is 13.4. The molecule has 1 unspecified atom stereocenters. The van der Waals surface area contributed by atoms with Gasteiger partial charge in [-0.3, -0.25) is 14.6 Å². The van der Waals surface area contributed by atoms with Crippen molar-refractivity contribution >= 4 is 23.7 Å². The van der Waals surface area contributed by atoms with E-state index in [0.29, 0.717) is 17.3 Å². The van der Waals surface area contributed by atoms with E-state index in [1.165, 1.54) is 21.9 Å². The van der Waals surface area contributed by atoms with Crippen LogP contribution in [0, 0.1) is 12.7 Å². The summed E-state index contributed by atoms with van der Waals surface area (Å²) in [5.41, 5.74) is 1.67. The third-order valence-corrected chi connectivity index (χ3v) is 5.93. The topological polar surface area (TPSA) is 79.6 Å². The lowest BCUT2D eigenvalue weighted by molar-refractivity contribution is -0.677. The molecule has 0 radical (unpaired) electrons. The molecular formula is C22H23FN7O2+. The summed E-state index contributed by atoms with van der Waals surface area (Å²) < 4.78 is 19.2. The molecule has 2 aliphatic heterocycles. The molecule has 164 valence electrons. The molecule has 2 aliphatic rings. The Morgan fingerprint density at radius 1 is 1.16 bits per heavy atom. The van der Waals surface area contributed by atoms with Gasteiger partial charge in [0.1, 0.15) is 17.7 Å². The number of urea groups is 1. The Morgan fingerprint density at radius 3 is 2.66 bits per heavy atom. The fourth-order valence-corrected chi connectivity index (χ4v) is 4.26. The predicted molar refractivity (Wildman–Crippen MR) is 112 cm³/mol. The van der Waals surface area contributed by atoms with Crippen LogP contribution in [0.2, 0.25) is 0 Å². The van der Waals surface area contributed by atoms with Crippen LogP contribution < -0.4 is 4.57 Å². The van der Waals surface area contributed by atoms with Crippen molar-refractivity contribution in [1.82, 2.24) is 23.9 Å². The number of benzene rings is 1. The molecule has 0 saturated carbocycles. The lowest BCUT2D eigenvalue weighted by Gasteiger charge is -2.33. The maximum Gasteiger partial charge on any atom is 0.401 e. The average Bonchev–Trinajstić information content (AvgIpc) is 3.48. The summed E-state index contributed by atoms with van der Waals surface area (Å²) >= 11 is 0. The second-order valence-corrected chi connectivity index (χ2v) is 8.05. The number of hydrogen-bond acceptors (Lipinski definition) is 4. The summed E-state index contributed by atoms with van der Waals surface area (Å²) in [4.78, 5) is 37.7. The molecule has 5 rings (SSSR count). The number of amides is 3. The highest BCUT2D eigenvalue weighted by molar-refractivity contribution is 6.18. The molecule has 1 saturated heterocycles. The Morgan fingerprint density at radius 2 is 1.94 bits per heavy atom. The highest BCUT2D eigenvalue weighted by atomic mass is 19.1. The molecule has 0 spiro atoms. The number of carbonyl (C=O) groups excluding carboxylic acids is 2. The third-order valence-electron chi connectivity index (χ3n) is 5.93. The van der Waals surface area contributed by atoms with E-state index in [4.69, 9.17) is 0 Å². The van der Waals surface area contributed by atoms with Crippen molar-refractivity contribution in [3.8, 4) is 0 Å². The monoisotopic (exact) mass is 436 g/mol. The van der Waals surface area contributed by atoms with Crippen LogP contribution in [0.1, 0.15) is 23.7 Å². The van der Waals surface area contributed by atoms with E-state index < -0.39 is 12.1 Å². The Bertz CT molecular complexity index is 1210. The van der Waals surface area contributed by atoms with Gasteiger partial charge in [0.2, 0.25) is 11.9 Å². The second kappa shape index (κ2) is 7.70. The van der Waals surface area contributed by atoms with Crippen molar-refractivity contribution in [2.75, 3.05) is 7.05 Å². The summed E-state index contributed by atoms with van der Waals surface area (Å²) in [5.74, 6) is 0.381.